The van der Waals surface area contributed by atoms with Crippen molar-refractivity contribution in [3.8, 4) is 0 Å². The summed E-state index contributed by atoms with van der Waals surface area (Å²) in [5.41, 5.74) is 0.664. The molecule has 1 aliphatic heterocycles. The Labute approximate surface area is 224 Å². The molecule has 1 fully saturated rings. The SMILES string of the molecule is CC(=O)N1CCC(C(=O)NCc2ccc(S(=O)(=O)c3ccc(Cl)cc3)nc2Cc2cc(F)ccc2F)CC1. The molecule has 2 aromatic carbocycles. The van der Waals surface area contributed by atoms with Crippen LogP contribution in [0, 0.1) is 17.6 Å². The second kappa shape index (κ2) is 11.6. The minimum atomic E-state index is -4.02. The average molecular weight is 562 g/mol. The summed E-state index contributed by atoms with van der Waals surface area (Å²) in [6, 6.07) is 11.5. The lowest BCUT2D eigenvalue weighted by atomic mass is 9.95. The number of nitrogens with one attached hydrogen (secondary N) is 1. The van der Waals surface area contributed by atoms with Gasteiger partial charge in [0.2, 0.25) is 21.7 Å². The Balaban J connectivity index is 1.60. The summed E-state index contributed by atoms with van der Waals surface area (Å²) in [7, 11) is -4.02. The Morgan fingerprint density at radius 2 is 1.71 bits per heavy atom. The number of hydrogen-bond acceptors (Lipinski definition) is 5. The Morgan fingerprint density at radius 3 is 2.37 bits per heavy atom. The molecular formula is C27H26ClF2N3O4S. The molecule has 0 spiro atoms. The van der Waals surface area contributed by atoms with Gasteiger partial charge in [-0.1, -0.05) is 17.7 Å². The Kier molecular flexibility index (Phi) is 8.42. The van der Waals surface area contributed by atoms with Crippen LogP contribution in [-0.4, -0.2) is 43.2 Å². The number of amides is 2. The van der Waals surface area contributed by atoms with E-state index in [-0.39, 0.29) is 51.9 Å². The molecule has 38 heavy (non-hydrogen) atoms. The van der Waals surface area contributed by atoms with E-state index in [1.54, 1.807) is 4.90 Å². The molecule has 0 atom stereocenters. The van der Waals surface area contributed by atoms with Crippen LogP contribution in [0.2, 0.25) is 5.02 Å². The molecular weight excluding hydrogens is 536 g/mol. The normalized spacial score (nSPS) is 14.4. The zero-order chi connectivity index (χ0) is 27.4. The molecule has 2 heterocycles. The average Bonchev–Trinajstić information content (AvgIpc) is 2.90. The number of hydrogen-bond donors (Lipinski definition) is 1. The van der Waals surface area contributed by atoms with Gasteiger partial charge in [-0.05, 0) is 72.5 Å². The van der Waals surface area contributed by atoms with Crippen LogP contribution in [0.1, 0.15) is 36.6 Å². The lowest BCUT2D eigenvalue weighted by Gasteiger charge is -2.30. The third-order valence-electron chi connectivity index (χ3n) is 6.57. The maximum atomic E-state index is 14.4. The second-order valence-corrected chi connectivity index (χ2v) is 11.5. The van der Waals surface area contributed by atoms with Crippen LogP contribution in [0.25, 0.3) is 0 Å². The van der Waals surface area contributed by atoms with Crippen molar-refractivity contribution in [2.24, 2.45) is 5.92 Å². The van der Waals surface area contributed by atoms with Crippen molar-refractivity contribution in [2.45, 2.75) is 42.7 Å². The van der Waals surface area contributed by atoms with Gasteiger partial charge < -0.3 is 10.2 Å². The van der Waals surface area contributed by atoms with Crippen LogP contribution in [0.4, 0.5) is 8.78 Å². The first-order valence-corrected chi connectivity index (χ1v) is 13.9. The maximum absolute atomic E-state index is 14.4. The smallest absolute Gasteiger partial charge is 0.223 e. The number of rotatable bonds is 7. The number of likely N-dealkylation sites (tertiary alicyclic amines) is 1. The predicted molar refractivity (Wildman–Crippen MR) is 137 cm³/mol. The Bertz CT molecular complexity index is 1460. The highest BCUT2D eigenvalue weighted by molar-refractivity contribution is 7.91. The third-order valence-corrected chi connectivity index (χ3v) is 8.49. The monoisotopic (exact) mass is 561 g/mol. The predicted octanol–water partition coefficient (Wildman–Crippen LogP) is 4.31. The fourth-order valence-corrected chi connectivity index (χ4v) is 5.69. The van der Waals surface area contributed by atoms with Crippen molar-refractivity contribution in [3.05, 3.63) is 88.1 Å². The van der Waals surface area contributed by atoms with Gasteiger partial charge in [0.1, 0.15) is 11.6 Å². The molecule has 1 aliphatic rings. The van der Waals surface area contributed by atoms with Gasteiger partial charge in [0.25, 0.3) is 0 Å². The van der Waals surface area contributed by atoms with Gasteiger partial charge in [-0.15, -0.1) is 0 Å². The summed E-state index contributed by atoms with van der Waals surface area (Å²) in [5, 5.41) is 2.95. The molecule has 0 unspecified atom stereocenters. The van der Waals surface area contributed by atoms with Crippen molar-refractivity contribution in [2.75, 3.05) is 13.1 Å². The minimum Gasteiger partial charge on any atom is -0.352 e. The van der Waals surface area contributed by atoms with Gasteiger partial charge in [0, 0.05) is 43.9 Å². The van der Waals surface area contributed by atoms with Crippen LogP contribution < -0.4 is 5.32 Å². The van der Waals surface area contributed by atoms with Crippen LogP contribution >= 0.6 is 11.6 Å². The molecule has 4 rings (SSSR count). The number of nitrogens with zero attached hydrogens (tertiary/aromatic N) is 2. The molecule has 1 aromatic heterocycles. The lowest BCUT2D eigenvalue weighted by molar-refractivity contribution is -0.134. The summed E-state index contributed by atoms with van der Waals surface area (Å²) < 4.78 is 54.7. The summed E-state index contributed by atoms with van der Waals surface area (Å²) in [6.45, 7) is 2.51. The fourth-order valence-electron chi connectivity index (χ4n) is 4.35. The van der Waals surface area contributed by atoms with E-state index in [0.717, 1.165) is 18.2 Å². The highest BCUT2D eigenvalue weighted by Crippen LogP contribution is 2.25. The number of pyridine rings is 1. The molecule has 1 N–H and O–H groups in total. The number of benzene rings is 2. The van der Waals surface area contributed by atoms with E-state index < -0.39 is 21.5 Å². The van der Waals surface area contributed by atoms with Gasteiger partial charge >= 0.3 is 0 Å². The summed E-state index contributed by atoms with van der Waals surface area (Å²) >= 11 is 5.88. The largest absolute Gasteiger partial charge is 0.352 e. The standard InChI is InChI=1S/C27H26ClF2N3O4S/c1-17(34)33-12-10-18(11-13-33)27(35)31-16-19-2-9-26(38(36,37)23-6-3-21(28)4-7-23)32-25(19)15-20-14-22(29)5-8-24(20)30/h2-9,14,18H,10-13,15-16H2,1H3,(H,31,35). The first-order valence-electron chi connectivity index (χ1n) is 12.0. The fraction of sp³-hybridized carbons (Fsp3) is 0.296. The van der Waals surface area contributed by atoms with Crippen molar-refractivity contribution in [1.29, 1.82) is 0 Å². The molecule has 2 amide bonds. The molecule has 200 valence electrons. The van der Waals surface area contributed by atoms with Crippen molar-refractivity contribution < 1.29 is 26.8 Å². The number of piperidine rings is 1. The highest BCUT2D eigenvalue weighted by Gasteiger charge is 2.26. The highest BCUT2D eigenvalue weighted by atomic mass is 35.5. The molecule has 3 aromatic rings. The number of sulfone groups is 1. The molecule has 0 aliphatic carbocycles. The topological polar surface area (TPSA) is 96.4 Å². The van der Waals surface area contributed by atoms with E-state index in [1.807, 2.05) is 0 Å². The van der Waals surface area contributed by atoms with Gasteiger partial charge in [-0.2, -0.15) is 0 Å². The summed E-state index contributed by atoms with van der Waals surface area (Å²) in [4.78, 5) is 30.3. The maximum Gasteiger partial charge on any atom is 0.223 e. The Morgan fingerprint density at radius 1 is 1.03 bits per heavy atom. The number of carbonyl (C=O) groups is 2. The Hall–Kier alpha value is -3.37. The third kappa shape index (κ3) is 6.36. The van der Waals surface area contributed by atoms with Crippen molar-refractivity contribution >= 4 is 33.3 Å². The summed E-state index contributed by atoms with van der Waals surface area (Å²) in [6.07, 6.45) is 0.877. The first kappa shape index (κ1) is 27.7. The number of aromatic nitrogens is 1. The van der Waals surface area contributed by atoms with Gasteiger partial charge in [0.05, 0.1) is 10.6 Å². The molecule has 0 bridgehead atoms. The quantitative estimate of drug-likeness (QED) is 0.464. The van der Waals surface area contributed by atoms with E-state index in [0.29, 0.717) is 36.5 Å². The molecule has 11 heteroatoms. The minimum absolute atomic E-state index is 0.00252. The zero-order valence-corrected chi connectivity index (χ0v) is 22.2. The van der Waals surface area contributed by atoms with Crippen LogP contribution in [-0.2, 0) is 32.4 Å². The van der Waals surface area contributed by atoms with E-state index in [4.69, 9.17) is 11.6 Å². The second-order valence-electron chi connectivity index (χ2n) is 9.12. The number of halogens is 3. The number of carbonyl (C=O) groups excluding carboxylic acids is 2. The van der Waals surface area contributed by atoms with Gasteiger partial charge in [-0.3, -0.25) is 9.59 Å². The van der Waals surface area contributed by atoms with Crippen LogP contribution in [0.5, 0.6) is 0 Å². The zero-order valence-electron chi connectivity index (χ0n) is 20.6. The van der Waals surface area contributed by atoms with E-state index >= 15 is 0 Å². The molecule has 7 nitrogen and oxygen atoms in total. The van der Waals surface area contributed by atoms with Crippen LogP contribution in [0.3, 0.4) is 0 Å². The van der Waals surface area contributed by atoms with Crippen molar-refractivity contribution in [1.82, 2.24) is 15.2 Å². The molecule has 1 saturated heterocycles. The van der Waals surface area contributed by atoms with Crippen molar-refractivity contribution in [3.63, 3.8) is 0 Å². The van der Waals surface area contributed by atoms with Gasteiger partial charge in [0.15, 0.2) is 5.03 Å². The van der Waals surface area contributed by atoms with Gasteiger partial charge in [-0.25, -0.2) is 22.2 Å². The summed E-state index contributed by atoms with van der Waals surface area (Å²) in [5.74, 6) is -1.80. The molecule has 0 radical (unpaired) electrons. The lowest BCUT2D eigenvalue weighted by Crippen LogP contribution is -2.42. The van der Waals surface area contributed by atoms with E-state index in [1.165, 1.54) is 43.3 Å². The van der Waals surface area contributed by atoms with Crippen LogP contribution in [0.15, 0.2) is 64.5 Å². The molecule has 0 saturated carbocycles. The van der Waals surface area contributed by atoms with E-state index in [2.05, 4.69) is 10.3 Å². The van der Waals surface area contributed by atoms with E-state index in [9.17, 15) is 26.8 Å². The first-order chi connectivity index (χ1) is 18.0.